The average Bonchev–Trinajstić information content (AvgIpc) is 2.39. The highest BCUT2D eigenvalue weighted by molar-refractivity contribution is 5.40. The van der Waals surface area contributed by atoms with Crippen LogP contribution in [-0.2, 0) is 6.54 Å². The van der Waals surface area contributed by atoms with E-state index in [9.17, 15) is 0 Å². The smallest absolute Gasteiger partial charge is 0.0317 e. The summed E-state index contributed by atoms with van der Waals surface area (Å²) in [5, 5.41) is 0. The van der Waals surface area contributed by atoms with Crippen LogP contribution >= 0.6 is 0 Å². The molecular weight excluding hydrogens is 234 g/mol. The van der Waals surface area contributed by atoms with Crippen LogP contribution in [0.2, 0.25) is 0 Å². The second kappa shape index (κ2) is 5.51. The van der Waals surface area contributed by atoms with Gasteiger partial charge in [0.05, 0.1) is 0 Å². The molecule has 0 aliphatic carbocycles. The van der Waals surface area contributed by atoms with Crippen molar-refractivity contribution >= 4 is 5.69 Å². The number of likely N-dealkylation sites (tertiary alicyclic amines) is 2. The first-order valence-corrected chi connectivity index (χ1v) is 7.49. The first-order chi connectivity index (χ1) is 9.22. The van der Waals surface area contributed by atoms with Gasteiger partial charge in [0.1, 0.15) is 0 Å². The maximum atomic E-state index is 5.86. The molecule has 3 heteroatoms. The Bertz CT molecular complexity index is 432. The van der Waals surface area contributed by atoms with Crippen LogP contribution in [0.5, 0.6) is 0 Å². The van der Waals surface area contributed by atoms with Crippen LogP contribution in [0.25, 0.3) is 0 Å². The molecule has 0 spiro atoms. The van der Waals surface area contributed by atoms with Crippen LogP contribution in [0.3, 0.4) is 0 Å². The third-order valence-electron chi connectivity index (χ3n) is 4.79. The second-order valence-corrected chi connectivity index (χ2v) is 6.22. The molecule has 0 aromatic heterocycles. The van der Waals surface area contributed by atoms with Gasteiger partial charge in [0.15, 0.2) is 0 Å². The van der Waals surface area contributed by atoms with E-state index < -0.39 is 0 Å². The van der Waals surface area contributed by atoms with Crippen molar-refractivity contribution in [2.24, 2.45) is 5.92 Å². The van der Waals surface area contributed by atoms with Crippen molar-refractivity contribution in [3.63, 3.8) is 0 Å². The summed E-state index contributed by atoms with van der Waals surface area (Å²) in [5.74, 6) is 0.869. The van der Waals surface area contributed by atoms with E-state index in [0.717, 1.165) is 24.2 Å². The highest BCUT2D eigenvalue weighted by Gasteiger charge is 2.33. The third kappa shape index (κ3) is 2.93. The zero-order chi connectivity index (χ0) is 13.2. The number of hydrogen-bond acceptors (Lipinski definition) is 3. The van der Waals surface area contributed by atoms with E-state index in [2.05, 4.69) is 35.0 Å². The van der Waals surface area contributed by atoms with Crippen LogP contribution in [0, 0.1) is 5.92 Å². The monoisotopic (exact) mass is 259 g/mol. The molecule has 0 amide bonds. The fraction of sp³-hybridized carbons (Fsp3) is 0.625. The lowest BCUT2D eigenvalue weighted by Crippen LogP contribution is -2.52. The van der Waals surface area contributed by atoms with Gasteiger partial charge in [-0.3, -0.25) is 4.90 Å². The second-order valence-electron chi connectivity index (χ2n) is 6.22. The van der Waals surface area contributed by atoms with Crippen LogP contribution in [0.15, 0.2) is 24.3 Å². The van der Waals surface area contributed by atoms with Gasteiger partial charge < -0.3 is 10.6 Å². The van der Waals surface area contributed by atoms with Gasteiger partial charge in [-0.1, -0.05) is 12.1 Å². The molecule has 2 heterocycles. The maximum Gasteiger partial charge on any atom is 0.0317 e. The SMILES string of the molecule is CN1CCCC2CN(Cc3cccc(N)c3)CCC21. The first kappa shape index (κ1) is 12.9. The van der Waals surface area contributed by atoms with Crippen molar-refractivity contribution in [2.45, 2.75) is 31.8 Å². The van der Waals surface area contributed by atoms with Gasteiger partial charge >= 0.3 is 0 Å². The highest BCUT2D eigenvalue weighted by Crippen LogP contribution is 2.30. The molecule has 2 atom stereocenters. The Morgan fingerprint density at radius 2 is 2.16 bits per heavy atom. The van der Waals surface area contributed by atoms with Crippen LogP contribution < -0.4 is 5.73 Å². The lowest BCUT2D eigenvalue weighted by atomic mass is 9.84. The molecule has 2 saturated heterocycles. The van der Waals surface area contributed by atoms with Crippen molar-refractivity contribution in [1.82, 2.24) is 9.80 Å². The fourth-order valence-electron chi connectivity index (χ4n) is 3.82. The Hall–Kier alpha value is -1.06. The summed E-state index contributed by atoms with van der Waals surface area (Å²) < 4.78 is 0. The Balaban J connectivity index is 1.62. The number of anilines is 1. The van der Waals surface area contributed by atoms with Gasteiger partial charge in [0.2, 0.25) is 0 Å². The molecule has 0 bridgehead atoms. The number of hydrogen-bond donors (Lipinski definition) is 1. The number of piperidine rings is 2. The number of fused-ring (bicyclic) bond motifs is 1. The minimum atomic E-state index is 0.825. The summed E-state index contributed by atoms with van der Waals surface area (Å²) in [6.07, 6.45) is 4.09. The summed E-state index contributed by atoms with van der Waals surface area (Å²) in [6.45, 7) is 4.82. The van der Waals surface area contributed by atoms with Gasteiger partial charge in [0.25, 0.3) is 0 Å². The van der Waals surface area contributed by atoms with E-state index in [0.29, 0.717) is 0 Å². The normalized spacial score (nSPS) is 29.1. The number of nitrogens with zero attached hydrogens (tertiary/aromatic N) is 2. The molecule has 2 aliphatic rings. The summed E-state index contributed by atoms with van der Waals surface area (Å²) in [4.78, 5) is 5.18. The number of nitrogen functional groups attached to an aromatic ring is 1. The summed E-state index contributed by atoms with van der Waals surface area (Å²) >= 11 is 0. The molecule has 3 rings (SSSR count). The minimum absolute atomic E-state index is 0.825. The Labute approximate surface area is 116 Å². The molecule has 3 nitrogen and oxygen atoms in total. The lowest BCUT2D eigenvalue weighted by molar-refractivity contribution is 0.0355. The summed E-state index contributed by atoms with van der Waals surface area (Å²) in [7, 11) is 2.30. The zero-order valence-corrected chi connectivity index (χ0v) is 11.9. The molecule has 1 aromatic rings. The quantitative estimate of drug-likeness (QED) is 0.826. The third-order valence-corrected chi connectivity index (χ3v) is 4.79. The van der Waals surface area contributed by atoms with Crippen LogP contribution in [-0.4, -0.2) is 42.5 Å². The highest BCUT2D eigenvalue weighted by atomic mass is 15.2. The largest absolute Gasteiger partial charge is 0.399 e. The summed E-state index contributed by atoms with van der Waals surface area (Å²) in [6, 6.07) is 9.15. The lowest BCUT2D eigenvalue weighted by Gasteiger charge is -2.46. The molecule has 104 valence electrons. The van der Waals surface area contributed by atoms with Crippen molar-refractivity contribution < 1.29 is 0 Å². The van der Waals surface area contributed by atoms with Crippen molar-refractivity contribution in [2.75, 3.05) is 32.4 Å². The number of nitrogens with two attached hydrogens (primary N) is 1. The van der Waals surface area contributed by atoms with Crippen LogP contribution in [0.4, 0.5) is 5.69 Å². The van der Waals surface area contributed by atoms with Gasteiger partial charge in [-0.15, -0.1) is 0 Å². The predicted molar refractivity (Wildman–Crippen MR) is 79.9 cm³/mol. The van der Waals surface area contributed by atoms with Gasteiger partial charge in [-0.05, 0) is 63.0 Å². The topological polar surface area (TPSA) is 32.5 Å². The molecule has 19 heavy (non-hydrogen) atoms. The Morgan fingerprint density at radius 1 is 1.26 bits per heavy atom. The van der Waals surface area contributed by atoms with Gasteiger partial charge in [0, 0.05) is 24.8 Å². The number of rotatable bonds is 2. The average molecular weight is 259 g/mol. The number of benzene rings is 1. The molecule has 2 fully saturated rings. The molecule has 0 saturated carbocycles. The van der Waals surface area contributed by atoms with E-state index in [1.165, 1.54) is 44.5 Å². The standard InChI is InChI=1S/C16H25N3/c1-18-8-3-5-14-12-19(9-7-16(14)18)11-13-4-2-6-15(17)10-13/h2,4,6,10,14,16H,3,5,7-9,11-12,17H2,1H3. The molecule has 2 unspecified atom stereocenters. The van der Waals surface area contributed by atoms with E-state index in [1.54, 1.807) is 0 Å². The van der Waals surface area contributed by atoms with Crippen molar-refractivity contribution in [3.8, 4) is 0 Å². The van der Waals surface area contributed by atoms with E-state index in [1.807, 2.05) is 6.07 Å². The fourth-order valence-corrected chi connectivity index (χ4v) is 3.82. The van der Waals surface area contributed by atoms with E-state index in [-0.39, 0.29) is 0 Å². The van der Waals surface area contributed by atoms with E-state index >= 15 is 0 Å². The summed E-state index contributed by atoms with van der Waals surface area (Å²) in [5.41, 5.74) is 8.09. The maximum absolute atomic E-state index is 5.86. The van der Waals surface area contributed by atoms with Crippen molar-refractivity contribution in [3.05, 3.63) is 29.8 Å². The molecule has 2 aliphatic heterocycles. The molecule has 0 radical (unpaired) electrons. The molecular formula is C16H25N3. The van der Waals surface area contributed by atoms with Crippen molar-refractivity contribution in [1.29, 1.82) is 0 Å². The Morgan fingerprint density at radius 3 is 3.00 bits per heavy atom. The van der Waals surface area contributed by atoms with Gasteiger partial charge in [-0.25, -0.2) is 0 Å². The predicted octanol–water partition coefficient (Wildman–Crippen LogP) is 2.18. The molecule has 2 N–H and O–H groups in total. The minimum Gasteiger partial charge on any atom is -0.399 e. The van der Waals surface area contributed by atoms with Gasteiger partial charge in [-0.2, -0.15) is 0 Å². The Kier molecular flexibility index (Phi) is 3.76. The zero-order valence-electron chi connectivity index (χ0n) is 11.9. The molecule has 1 aromatic carbocycles. The first-order valence-electron chi connectivity index (χ1n) is 7.49. The van der Waals surface area contributed by atoms with Crippen LogP contribution in [0.1, 0.15) is 24.8 Å². The van der Waals surface area contributed by atoms with E-state index in [4.69, 9.17) is 5.73 Å².